The quantitative estimate of drug-likeness (QED) is 0.634. The molecule has 0 fully saturated rings. The van der Waals surface area contributed by atoms with Crippen LogP contribution in [0.4, 0.5) is 4.79 Å². The van der Waals surface area contributed by atoms with Crippen molar-refractivity contribution in [1.82, 2.24) is 15.0 Å². The van der Waals surface area contributed by atoms with Crippen LogP contribution >= 0.6 is 35.0 Å². The van der Waals surface area contributed by atoms with Crippen LogP contribution in [0, 0.1) is 0 Å². The van der Waals surface area contributed by atoms with E-state index >= 15 is 0 Å². The van der Waals surface area contributed by atoms with Crippen molar-refractivity contribution >= 4 is 51.0 Å². The largest absolute Gasteiger partial charge is 0.337 e. The van der Waals surface area contributed by atoms with Crippen molar-refractivity contribution in [3.63, 3.8) is 0 Å². The molecule has 0 aliphatic heterocycles. The van der Waals surface area contributed by atoms with Crippen LogP contribution in [0.15, 0.2) is 51.3 Å². The van der Waals surface area contributed by atoms with Gasteiger partial charge in [-0.25, -0.2) is 17.9 Å². The van der Waals surface area contributed by atoms with Gasteiger partial charge in [-0.1, -0.05) is 54.4 Å². The molecule has 0 bridgehead atoms. The third-order valence-corrected chi connectivity index (χ3v) is 6.77. The number of benzene rings is 1. The number of rotatable bonds is 7. The number of halogens is 2. The van der Waals surface area contributed by atoms with E-state index in [1.54, 1.807) is 18.2 Å². The molecule has 0 radical (unpaired) electrons. The lowest BCUT2D eigenvalue weighted by Crippen LogP contribution is -2.39. The molecule has 0 unspecified atom stereocenters. The lowest BCUT2D eigenvalue weighted by molar-refractivity contribution is 0.245. The van der Waals surface area contributed by atoms with Gasteiger partial charge >= 0.3 is 6.03 Å². The van der Waals surface area contributed by atoms with E-state index in [-0.39, 0.29) is 4.90 Å². The lowest BCUT2D eigenvalue weighted by atomic mass is 10.3. The number of nitrogens with zero attached hydrogens (tertiary/aromatic N) is 1. The minimum absolute atomic E-state index is 0.133. The number of nitrogens with one attached hydrogen (secondary N) is 2. The van der Waals surface area contributed by atoms with Gasteiger partial charge in [0.25, 0.3) is 10.0 Å². The van der Waals surface area contributed by atoms with Gasteiger partial charge in [0, 0.05) is 28.7 Å². The average molecular weight is 434 g/mol. The van der Waals surface area contributed by atoms with Crippen molar-refractivity contribution in [3.8, 4) is 0 Å². The molecule has 0 spiro atoms. The zero-order valence-corrected chi connectivity index (χ0v) is 17.0. The SMILES string of the molecule is CCCCNC(=O)NS(=O)(=O)c1cnccc1Sc1c(Cl)cccc1Cl. The van der Waals surface area contributed by atoms with Crippen molar-refractivity contribution in [3.05, 3.63) is 46.7 Å². The number of sulfonamides is 1. The first-order chi connectivity index (χ1) is 12.3. The van der Waals surface area contributed by atoms with Crippen LogP contribution in [0.5, 0.6) is 0 Å². The summed E-state index contributed by atoms with van der Waals surface area (Å²) >= 11 is 13.4. The van der Waals surface area contributed by atoms with Gasteiger partial charge in [0.2, 0.25) is 0 Å². The Morgan fingerprint density at radius 1 is 1.23 bits per heavy atom. The minimum Gasteiger partial charge on any atom is -0.337 e. The van der Waals surface area contributed by atoms with Crippen LogP contribution in [-0.2, 0) is 10.0 Å². The van der Waals surface area contributed by atoms with Gasteiger partial charge in [-0.15, -0.1) is 0 Å². The van der Waals surface area contributed by atoms with Gasteiger partial charge in [-0.2, -0.15) is 0 Å². The number of urea groups is 1. The van der Waals surface area contributed by atoms with Crippen LogP contribution < -0.4 is 10.0 Å². The van der Waals surface area contributed by atoms with Crippen molar-refractivity contribution in [2.75, 3.05) is 6.54 Å². The monoisotopic (exact) mass is 433 g/mol. The molecule has 0 atom stereocenters. The summed E-state index contributed by atoms with van der Waals surface area (Å²) in [5.74, 6) is 0. The molecular formula is C16H17Cl2N3O3S2. The predicted octanol–water partition coefficient (Wildman–Crippen LogP) is 4.33. The van der Waals surface area contributed by atoms with E-state index in [1.165, 1.54) is 18.5 Å². The fourth-order valence-electron chi connectivity index (χ4n) is 1.94. The fourth-order valence-corrected chi connectivity index (χ4v) is 4.81. The standard InChI is InChI=1S/C16H17Cl2N3O3S2/c1-2-3-8-20-16(22)21-26(23,24)14-10-19-9-7-13(14)25-15-11(17)5-4-6-12(15)18/h4-7,9-10H,2-3,8H2,1H3,(H2,20,21,22). The van der Waals surface area contributed by atoms with Gasteiger partial charge in [0.05, 0.1) is 10.0 Å². The highest BCUT2D eigenvalue weighted by molar-refractivity contribution is 8.00. The molecule has 10 heteroatoms. The summed E-state index contributed by atoms with van der Waals surface area (Å²) in [5, 5.41) is 3.29. The number of hydrogen-bond acceptors (Lipinski definition) is 5. The summed E-state index contributed by atoms with van der Waals surface area (Å²) in [7, 11) is -4.10. The van der Waals surface area contributed by atoms with E-state index in [0.29, 0.717) is 26.4 Å². The second-order valence-corrected chi connectivity index (χ2v) is 8.71. The number of pyridine rings is 1. The molecule has 2 N–H and O–H groups in total. The topological polar surface area (TPSA) is 88.2 Å². The number of carbonyl (C=O) groups is 1. The smallest absolute Gasteiger partial charge is 0.328 e. The predicted molar refractivity (Wildman–Crippen MR) is 103 cm³/mol. The fraction of sp³-hybridized carbons (Fsp3) is 0.250. The summed E-state index contributed by atoms with van der Waals surface area (Å²) < 4.78 is 27.1. The van der Waals surface area contributed by atoms with Crippen LogP contribution in [0.2, 0.25) is 10.0 Å². The average Bonchev–Trinajstić information content (AvgIpc) is 2.58. The molecule has 0 aliphatic carbocycles. The van der Waals surface area contributed by atoms with Crippen molar-refractivity contribution in [1.29, 1.82) is 0 Å². The highest BCUT2D eigenvalue weighted by atomic mass is 35.5. The number of aromatic nitrogens is 1. The minimum atomic E-state index is -4.10. The van der Waals surface area contributed by atoms with Crippen LogP contribution in [-0.4, -0.2) is 26.0 Å². The molecule has 2 rings (SSSR count). The van der Waals surface area contributed by atoms with E-state index in [1.807, 2.05) is 11.6 Å². The first kappa shape index (κ1) is 20.8. The second kappa shape index (κ2) is 9.45. The Morgan fingerprint density at radius 2 is 1.92 bits per heavy atom. The third-order valence-electron chi connectivity index (χ3n) is 3.21. The molecule has 0 saturated heterocycles. The van der Waals surface area contributed by atoms with E-state index in [2.05, 4.69) is 10.3 Å². The number of hydrogen-bond donors (Lipinski definition) is 2. The maximum atomic E-state index is 12.6. The Bertz CT molecular complexity index is 872. The van der Waals surface area contributed by atoms with E-state index in [0.717, 1.165) is 24.6 Å². The Kier molecular flexibility index (Phi) is 7.57. The van der Waals surface area contributed by atoms with Crippen LogP contribution in [0.25, 0.3) is 0 Å². The third kappa shape index (κ3) is 5.51. The van der Waals surface area contributed by atoms with E-state index in [9.17, 15) is 13.2 Å². The molecule has 1 aromatic heterocycles. The molecule has 140 valence electrons. The Hall–Kier alpha value is -1.48. The van der Waals surface area contributed by atoms with Crippen molar-refractivity contribution in [2.24, 2.45) is 0 Å². The molecule has 0 aliphatic rings. The molecule has 1 heterocycles. The Labute approximate surface area is 166 Å². The summed E-state index contributed by atoms with van der Waals surface area (Å²) in [4.78, 5) is 16.4. The Morgan fingerprint density at radius 3 is 2.58 bits per heavy atom. The van der Waals surface area contributed by atoms with E-state index < -0.39 is 16.1 Å². The van der Waals surface area contributed by atoms with Gasteiger partial charge < -0.3 is 5.32 Å². The van der Waals surface area contributed by atoms with Crippen molar-refractivity contribution < 1.29 is 13.2 Å². The molecule has 1 aromatic carbocycles. The maximum Gasteiger partial charge on any atom is 0.328 e. The van der Waals surface area contributed by atoms with Crippen LogP contribution in [0.1, 0.15) is 19.8 Å². The summed E-state index contributed by atoms with van der Waals surface area (Å²) in [5.41, 5.74) is 0. The zero-order valence-electron chi connectivity index (χ0n) is 13.8. The van der Waals surface area contributed by atoms with Gasteiger partial charge in [0.1, 0.15) is 4.90 Å². The molecule has 0 saturated carbocycles. The van der Waals surface area contributed by atoms with E-state index in [4.69, 9.17) is 23.2 Å². The normalized spacial score (nSPS) is 11.2. The van der Waals surface area contributed by atoms with Gasteiger partial charge in [0.15, 0.2) is 0 Å². The van der Waals surface area contributed by atoms with Gasteiger partial charge in [-0.3, -0.25) is 4.98 Å². The van der Waals surface area contributed by atoms with Crippen molar-refractivity contribution in [2.45, 2.75) is 34.5 Å². The molecular weight excluding hydrogens is 417 g/mol. The molecule has 6 nitrogen and oxygen atoms in total. The van der Waals surface area contributed by atoms with Crippen LogP contribution in [0.3, 0.4) is 0 Å². The first-order valence-corrected chi connectivity index (χ1v) is 10.8. The molecule has 26 heavy (non-hydrogen) atoms. The summed E-state index contributed by atoms with van der Waals surface area (Å²) in [6.07, 6.45) is 4.27. The highest BCUT2D eigenvalue weighted by Gasteiger charge is 2.23. The second-order valence-electron chi connectivity index (χ2n) is 5.19. The first-order valence-electron chi connectivity index (χ1n) is 7.71. The molecule has 2 aromatic rings. The summed E-state index contributed by atoms with van der Waals surface area (Å²) in [6, 6.07) is 5.75. The number of unbranched alkanes of at least 4 members (excludes halogenated alkanes) is 1. The summed E-state index contributed by atoms with van der Waals surface area (Å²) in [6.45, 7) is 2.36. The number of amides is 2. The Balaban J connectivity index is 2.26. The number of carbonyl (C=O) groups excluding carboxylic acids is 1. The van der Waals surface area contributed by atoms with Gasteiger partial charge in [-0.05, 0) is 24.6 Å². The molecule has 2 amide bonds. The highest BCUT2D eigenvalue weighted by Crippen LogP contribution is 2.40. The zero-order chi connectivity index (χ0) is 19.2. The lowest BCUT2D eigenvalue weighted by Gasteiger charge is -2.12. The maximum absolute atomic E-state index is 12.6.